The molecule has 0 atom stereocenters. The van der Waals surface area contributed by atoms with E-state index in [1.54, 1.807) is 37.4 Å². The van der Waals surface area contributed by atoms with Crippen molar-refractivity contribution in [1.82, 2.24) is 9.78 Å². The highest BCUT2D eigenvalue weighted by atomic mass is 19.4. The van der Waals surface area contributed by atoms with E-state index in [4.69, 9.17) is 0 Å². The Labute approximate surface area is 162 Å². The molecule has 0 bridgehead atoms. The number of aromatic nitrogens is 2. The first-order valence-electron chi connectivity index (χ1n) is 8.28. The van der Waals surface area contributed by atoms with Crippen LogP contribution in [0.25, 0.3) is 11.3 Å². The molecule has 1 heterocycles. The van der Waals surface area contributed by atoms with Crippen LogP contribution in [0.4, 0.5) is 29.3 Å². The minimum atomic E-state index is -4.78. The normalized spacial score (nSPS) is 11.0. The van der Waals surface area contributed by atoms with Gasteiger partial charge in [0.05, 0.1) is 5.69 Å². The summed E-state index contributed by atoms with van der Waals surface area (Å²) in [6.07, 6.45) is -4.78. The summed E-state index contributed by atoms with van der Waals surface area (Å²) in [6.45, 7) is 0. The first-order chi connectivity index (χ1) is 13.7. The van der Waals surface area contributed by atoms with Crippen molar-refractivity contribution in [2.45, 2.75) is 6.36 Å². The van der Waals surface area contributed by atoms with E-state index in [0.29, 0.717) is 17.1 Å². The van der Waals surface area contributed by atoms with Crippen LogP contribution in [0, 0.1) is 0 Å². The molecule has 0 saturated heterocycles. The van der Waals surface area contributed by atoms with Crippen molar-refractivity contribution < 1.29 is 22.7 Å². The van der Waals surface area contributed by atoms with Gasteiger partial charge in [0.1, 0.15) is 5.75 Å². The Morgan fingerprint density at radius 3 is 2.00 bits per heavy atom. The maximum Gasteiger partial charge on any atom is 0.573 e. The van der Waals surface area contributed by atoms with E-state index in [2.05, 4.69) is 20.5 Å². The SMILES string of the molecule is Cn1nc(-c2ccc(NC(=O)Nc3ccc(OC(F)(F)F)cc3)cc2)ccc1=O. The van der Waals surface area contributed by atoms with Crippen LogP contribution in [0.15, 0.2) is 65.5 Å². The number of benzene rings is 2. The number of amides is 2. The molecule has 0 radical (unpaired) electrons. The second-order valence-electron chi connectivity index (χ2n) is 5.91. The number of carbonyl (C=O) groups is 1. The zero-order chi connectivity index (χ0) is 21.0. The molecule has 150 valence electrons. The molecule has 10 heteroatoms. The number of alkyl halides is 3. The minimum absolute atomic E-state index is 0.221. The van der Waals surface area contributed by atoms with Crippen LogP contribution in [0.1, 0.15) is 0 Å². The highest BCUT2D eigenvalue weighted by Crippen LogP contribution is 2.24. The number of nitrogens with one attached hydrogen (secondary N) is 2. The third kappa shape index (κ3) is 5.58. The van der Waals surface area contributed by atoms with E-state index >= 15 is 0 Å². The van der Waals surface area contributed by atoms with Crippen molar-refractivity contribution in [3.05, 3.63) is 71.0 Å². The summed E-state index contributed by atoms with van der Waals surface area (Å²) >= 11 is 0. The van der Waals surface area contributed by atoms with Crippen molar-refractivity contribution in [2.24, 2.45) is 7.05 Å². The van der Waals surface area contributed by atoms with Gasteiger partial charge in [-0.25, -0.2) is 9.48 Å². The number of halogens is 3. The van der Waals surface area contributed by atoms with Gasteiger partial charge in [0.2, 0.25) is 0 Å². The average Bonchev–Trinajstić information content (AvgIpc) is 2.65. The molecule has 29 heavy (non-hydrogen) atoms. The molecule has 0 aliphatic carbocycles. The molecule has 1 aromatic heterocycles. The molecule has 2 amide bonds. The van der Waals surface area contributed by atoms with Crippen LogP contribution in [0.2, 0.25) is 0 Å². The topological polar surface area (TPSA) is 85.2 Å². The fourth-order valence-corrected chi connectivity index (χ4v) is 2.41. The van der Waals surface area contributed by atoms with Gasteiger partial charge in [-0.1, -0.05) is 12.1 Å². The Bertz CT molecular complexity index is 1060. The summed E-state index contributed by atoms with van der Waals surface area (Å²) in [4.78, 5) is 23.4. The van der Waals surface area contributed by atoms with Crippen molar-refractivity contribution in [2.75, 3.05) is 10.6 Å². The Balaban J connectivity index is 1.60. The lowest BCUT2D eigenvalue weighted by Gasteiger charge is -2.11. The van der Waals surface area contributed by atoms with Gasteiger partial charge in [-0.05, 0) is 42.5 Å². The Kier molecular flexibility index (Phi) is 5.53. The lowest BCUT2D eigenvalue weighted by Crippen LogP contribution is -2.19. The largest absolute Gasteiger partial charge is 0.573 e. The molecule has 2 N–H and O–H groups in total. The maximum atomic E-state index is 12.1. The van der Waals surface area contributed by atoms with E-state index in [9.17, 15) is 22.8 Å². The Morgan fingerprint density at radius 1 is 0.931 bits per heavy atom. The molecule has 2 aromatic carbocycles. The summed E-state index contributed by atoms with van der Waals surface area (Å²) in [6, 6.07) is 14.0. The van der Waals surface area contributed by atoms with Crippen LogP contribution < -0.4 is 20.9 Å². The number of anilines is 2. The summed E-state index contributed by atoms with van der Waals surface area (Å²) in [5.74, 6) is -0.383. The predicted molar refractivity (Wildman–Crippen MR) is 101 cm³/mol. The fourth-order valence-electron chi connectivity index (χ4n) is 2.41. The van der Waals surface area contributed by atoms with Crippen LogP contribution in [-0.4, -0.2) is 22.2 Å². The van der Waals surface area contributed by atoms with Crippen LogP contribution in [0.3, 0.4) is 0 Å². The molecule has 3 aromatic rings. The summed E-state index contributed by atoms with van der Waals surface area (Å²) in [7, 11) is 1.55. The van der Waals surface area contributed by atoms with E-state index in [1.807, 2.05) is 0 Å². The number of hydrogen-bond donors (Lipinski definition) is 2. The number of carbonyl (C=O) groups excluding carboxylic acids is 1. The zero-order valence-electron chi connectivity index (χ0n) is 15.0. The number of ether oxygens (including phenoxy) is 1. The van der Waals surface area contributed by atoms with Gasteiger partial charge in [0.15, 0.2) is 0 Å². The van der Waals surface area contributed by atoms with Gasteiger partial charge in [-0.2, -0.15) is 5.10 Å². The third-order valence-corrected chi connectivity index (χ3v) is 3.74. The number of rotatable bonds is 4. The van der Waals surface area contributed by atoms with E-state index in [1.165, 1.54) is 22.9 Å². The van der Waals surface area contributed by atoms with E-state index in [-0.39, 0.29) is 11.3 Å². The Morgan fingerprint density at radius 2 is 1.48 bits per heavy atom. The Hall–Kier alpha value is -3.82. The zero-order valence-corrected chi connectivity index (χ0v) is 15.0. The first-order valence-corrected chi connectivity index (χ1v) is 8.28. The maximum absolute atomic E-state index is 12.1. The number of nitrogens with zero attached hydrogens (tertiary/aromatic N) is 2. The lowest BCUT2D eigenvalue weighted by molar-refractivity contribution is -0.274. The lowest BCUT2D eigenvalue weighted by atomic mass is 10.1. The van der Waals surface area contributed by atoms with Gasteiger partial charge in [0, 0.05) is 30.1 Å². The minimum Gasteiger partial charge on any atom is -0.406 e. The van der Waals surface area contributed by atoms with E-state index < -0.39 is 12.4 Å². The van der Waals surface area contributed by atoms with Gasteiger partial charge >= 0.3 is 12.4 Å². The number of hydrogen-bond acceptors (Lipinski definition) is 4. The smallest absolute Gasteiger partial charge is 0.406 e. The van der Waals surface area contributed by atoms with Crippen LogP contribution in [0.5, 0.6) is 5.75 Å². The molecule has 0 saturated carbocycles. The third-order valence-electron chi connectivity index (χ3n) is 3.74. The monoisotopic (exact) mass is 404 g/mol. The molecule has 0 unspecified atom stereocenters. The molecule has 0 aliphatic heterocycles. The molecule has 7 nitrogen and oxygen atoms in total. The van der Waals surface area contributed by atoms with Gasteiger partial charge < -0.3 is 15.4 Å². The second kappa shape index (κ2) is 8.05. The fraction of sp³-hybridized carbons (Fsp3) is 0.105. The first kappa shape index (κ1) is 19.9. The number of aryl methyl sites for hydroxylation is 1. The van der Waals surface area contributed by atoms with Gasteiger partial charge in [-0.3, -0.25) is 4.79 Å². The van der Waals surface area contributed by atoms with Crippen molar-refractivity contribution >= 4 is 17.4 Å². The number of urea groups is 1. The standard InChI is InChI=1S/C19H15F3N4O3/c1-26-17(27)11-10-16(25-26)12-2-4-13(5-3-12)23-18(28)24-14-6-8-15(9-7-14)29-19(20,21)22/h2-11H,1H3,(H2,23,24,28). The van der Waals surface area contributed by atoms with Crippen molar-refractivity contribution in [1.29, 1.82) is 0 Å². The molecular formula is C19H15F3N4O3. The van der Waals surface area contributed by atoms with Crippen molar-refractivity contribution in [3.8, 4) is 17.0 Å². The van der Waals surface area contributed by atoms with Gasteiger partial charge in [0.25, 0.3) is 5.56 Å². The second-order valence-corrected chi connectivity index (χ2v) is 5.91. The van der Waals surface area contributed by atoms with Crippen LogP contribution in [-0.2, 0) is 7.05 Å². The highest BCUT2D eigenvalue weighted by molar-refractivity contribution is 5.99. The van der Waals surface area contributed by atoms with Crippen molar-refractivity contribution in [3.63, 3.8) is 0 Å². The molecule has 0 spiro atoms. The average molecular weight is 404 g/mol. The van der Waals surface area contributed by atoms with E-state index in [0.717, 1.165) is 17.7 Å². The molecular weight excluding hydrogens is 389 g/mol. The summed E-state index contributed by atoms with van der Waals surface area (Å²) < 4.78 is 41.4. The molecule has 3 rings (SSSR count). The molecule has 0 aliphatic rings. The summed E-state index contributed by atoms with van der Waals surface area (Å²) in [5, 5.41) is 9.25. The summed E-state index contributed by atoms with van der Waals surface area (Å²) in [5.41, 5.74) is 1.92. The quantitative estimate of drug-likeness (QED) is 0.689. The molecule has 0 fully saturated rings. The van der Waals surface area contributed by atoms with Crippen LogP contribution >= 0.6 is 0 Å². The highest BCUT2D eigenvalue weighted by Gasteiger charge is 2.30. The predicted octanol–water partition coefficient (Wildman–Crippen LogP) is 3.99. The van der Waals surface area contributed by atoms with Gasteiger partial charge in [-0.15, -0.1) is 13.2 Å².